The number of alkyl halides is 3. The molecule has 0 unspecified atom stereocenters. The zero-order chi connectivity index (χ0) is 25.3. The van der Waals surface area contributed by atoms with Crippen molar-refractivity contribution in [2.45, 2.75) is 38.2 Å². The Morgan fingerprint density at radius 2 is 1.72 bits per heavy atom. The summed E-state index contributed by atoms with van der Waals surface area (Å²) in [5.74, 6) is -0.379. The van der Waals surface area contributed by atoms with Crippen LogP contribution in [0.5, 0.6) is 5.75 Å². The molecule has 0 saturated heterocycles. The Hall–Kier alpha value is -3.36. The Balaban J connectivity index is 1.24. The molecule has 1 heterocycles. The van der Waals surface area contributed by atoms with E-state index in [9.17, 15) is 18.0 Å². The number of carboxylic acids is 1. The van der Waals surface area contributed by atoms with Crippen molar-refractivity contribution in [1.82, 2.24) is 5.32 Å². The summed E-state index contributed by atoms with van der Waals surface area (Å²) in [6.07, 6.45) is -3.11. The zero-order valence-corrected chi connectivity index (χ0v) is 20.0. The lowest BCUT2D eigenvalue weighted by Crippen LogP contribution is -2.43. The van der Waals surface area contributed by atoms with Gasteiger partial charge < -0.3 is 15.2 Å². The molecule has 4 nitrogen and oxygen atoms in total. The molecule has 5 rings (SSSR count). The highest BCUT2D eigenvalue weighted by atomic mass is 32.1. The van der Waals surface area contributed by atoms with Crippen LogP contribution in [0, 0.1) is 5.92 Å². The molecule has 0 amide bonds. The number of carbonyl (C=O) groups is 1. The maximum absolute atomic E-state index is 13.6. The second-order valence-electron chi connectivity index (χ2n) is 9.04. The third kappa shape index (κ3) is 5.39. The number of carboxylic acid groups (broad SMARTS) is 1. The number of halogens is 3. The molecule has 1 aromatic heterocycles. The number of thiophene rings is 1. The lowest BCUT2D eigenvalue weighted by atomic mass is 9.80. The molecule has 36 heavy (non-hydrogen) atoms. The quantitative estimate of drug-likeness (QED) is 0.265. The molecule has 1 aliphatic rings. The molecule has 8 heteroatoms. The van der Waals surface area contributed by atoms with E-state index >= 15 is 0 Å². The summed E-state index contributed by atoms with van der Waals surface area (Å²) < 4.78 is 46.8. The van der Waals surface area contributed by atoms with Crippen LogP contribution in [0.25, 0.3) is 21.9 Å². The summed E-state index contributed by atoms with van der Waals surface area (Å²) in [4.78, 5) is 10.8. The summed E-state index contributed by atoms with van der Waals surface area (Å²) in [6.45, 7) is 0.710. The maximum Gasteiger partial charge on any atom is 0.426 e. The highest BCUT2D eigenvalue weighted by Crippen LogP contribution is 2.43. The van der Waals surface area contributed by atoms with Crippen molar-refractivity contribution in [1.29, 1.82) is 0 Å². The third-order valence-electron chi connectivity index (χ3n) is 6.46. The van der Waals surface area contributed by atoms with Crippen LogP contribution < -0.4 is 10.1 Å². The van der Waals surface area contributed by atoms with Gasteiger partial charge in [0.05, 0.1) is 5.92 Å². The number of nitrogens with one attached hydrogen (secondary N) is 1. The molecular weight excluding hydrogens is 487 g/mol. The maximum atomic E-state index is 13.6. The SMILES string of the molecule is O=C(O)C1CC(NCc2ccc3cc(OCc4cc(-c5ccccc5)c(C(F)(F)F)s4)ccc3c2)C1. The van der Waals surface area contributed by atoms with Crippen molar-refractivity contribution in [3.05, 3.63) is 88.1 Å². The van der Waals surface area contributed by atoms with Crippen molar-refractivity contribution in [3.8, 4) is 16.9 Å². The summed E-state index contributed by atoms with van der Waals surface area (Å²) in [5.41, 5.74) is 1.80. The van der Waals surface area contributed by atoms with E-state index in [0.29, 0.717) is 46.9 Å². The Labute approximate surface area is 210 Å². The van der Waals surface area contributed by atoms with Gasteiger partial charge in [0.2, 0.25) is 0 Å². The predicted octanol–water partition coefficient (Wildman–Crippen LogP) is 7.12. The van der Waals surface area contributed by atoms with Crippen LogP contribution in [0.3, 0.4) is 0 Å². The molecule has 2 N–H and O–H groups in total. The third-order valence-corrected chi connectivity index (χ3v) is 7.62. The first-order valence-electron chi connectivity index (χ1n) is 11.6. The monoisotopic (exact) mass is 511 g/mol. The number of hydrogen-bond donors (Lipinski definition) is 2. The van der Waals surface area contributed by atoms with Crippen LogP contribution in [0.2, 0.25) is 0 Å². The molecule has 0 spiro atoms. The molecular formula is C28H24F3NO3S. The fourth-order valence-electron chi connectivity index (χ4n) is 4.43. The van der Waals surface area contributed by atoms with Gasteiger partial charge in [-0.3, -0.25) is 4.79 Å². The normalized spacial score (nSPS) is 17.6. The average molecular weight is 512 g/mol. The number of benzene rings is 3. The highest BCUT2D eigenvalue weighted by molar-refractivity contribution is 7.12. The number of fused-ring (bicyclic) bond motifs is 1. The molecule has 0 bridgehead atoms. The van der Waals surface area contributed by atoms with E-state index in [-0.39, 0.29) is 24.1 Å². The molecule has 0 radical (unpaired) electrons. The van der Waals surface area contributed by atoms with E-state index < -0.39 is 17.0 Å². The first-order chi connectivity index (χ1) is 17.3. The lowest BCUT2D eigenvalue weighted by molar-refractivity contribution is -0.145. The van der Waals surface area contributed by atoms with Gasteiger partial charge in [-0.2, -0.15) is 13.2 Å². The molecule has 3 aromatic carbocycles. The minimum Gasteiger partial charge on any atom is -0.488 e. The summed E-state index contributed by atoms with van der Waals surface area (Å²) >= 11 is 0.713. The van der Waals surface area contributed by atoms with Gasteiger partial charge in [-0.05, 0) is 59.0 Å². The summed E-state index contributed by atoms with van der Waals surface area (Å²) in [6, 6.07) is 22.1. The summed E-state index contributed by atoms with van der Waals surface area (Å²) in [5, 5.41) is 14.4. The van der Waals surface area contributed by atoms with E-state index in [0.717, 1.165) is 16.3 Å². The van der Waals surface area contributed by atoms with Crippen molar-refractivity contribution < 1.29 is 27.8 Å². The highest BCUT2D eigenvalue weighted by Gasteiger charge is 2.36. The van der Waals surface area contributed by atoms with Crippen molar-refractivity contribution in [3.63, 3.8) is 0 Å². The van der Waals surface area contributed by atoms with E-state index in [2.05, 4.69) is 11.4 Å². The van der Waals surface area contributed by atoms with Crippen LogP contribution in [0.15, 0.2) is 72.8 Å². The zero-order valence-electron chi connectivity index (χ0n) is 19.2. The molecule has 1 saturated carbocycles. The Kier molecular flexibility index (Phi) is 6.73. The number of hydrogen-bond acceptors (Lipinski definition) is 4. The molecule has 0 atom stereocenters. The predicted molar refractivity (Wildman–Crippen MR) is 134 cm³/mol. The van der Waals surface area contributed by atoms with Gasteiger partial charge in [0.1, 0.15) is 17.2 Å². The minimum absolute atomic E-state index is 0.0484. The number of ether oxygens (including phenoxy) is 1. The van der Waals surface area contributed by atoms with Crippen molar-refractivity contribution >= 4 is 28.1 Å². The fraction of sp³-hybridized carbons (Fsp3) is 0.250. The van der Waals surface area contributed by atoms with Gasteiger partial charge in [-0.15, -0.1) is 11.3 Å². The molecule has 0 aliphatic heterocycles. The van der Waals surface area contributed by atoms with E-state index in [1.807, 2.05) is 30.3 Å². The minimum atomic E-state index is -4.43. The van der Waals surface area contributed by atoms with Gasteiger partial charge in [-0.25, -0.2) is 0 Å². The van der Waals surface area contributed by atoms with Gasteiger partial charge in [0.15, 0.2) is 0 Å². The molecule has 1 fully saturated rings. The first kappa shape index (κ1) is 24.3. The van der Waals surface area contributed by atoms with Gasteiger partial charge >= 0.3 is 12.1 Å². The van der Waals surface area contributed by atoms with Crippen molar-refractivity contribution in [2.24, 2.45) is 5.92 Å². The molecule has 4 aromatic rings. The van der Waals surface area contributed by atoms with Crippen LogP contribution in [-0.4, -0.2) is 17.1 Å². The number of aliphatic carboxylic acids is 1. The van der Waals surface area contributed by atoms with Crippen LogP contribution in [0.1, 0.15) is 28.2 Å². The van der Waals surface area contributed by atoms with E-state index in [1.165, 1.54) is 0 Å². The molecule has 186 valence electrons. The van der Waals surface area contributed by atoms with E-state index in [1.54, 1.807) is 36.4 Å². The fourth-order valence-corrected chi connectivity index (χ4v) is 5.39. The largest absolute Gasteiger partial charge is 0.488 e. The van der Waals surface area contributed by atoms with Crippen LogP contribution >= 0.6 is 11.3 Å². The standard InChI is InChI=1S/C28H24F3NO3S/c29-28(30,31)26-25(18-4-2-1-3-5-18)14-24(36-26)16-35-23-9-8-19-10-17(6-7-20(19)13-23)15-32-22-11-21(12-22)27(33)34/h1-10,13-14,21-22,32H,11-12,15-16H2,(H,33,34). The Bertz CT molecular complexity index is 1380. The average Bonchev–Trinajstić information content (AvgIpc) is 3.27. The van der Waals surface area contributed by atoms with Crippen molar-refractivity contribution in [2.75, 3.05) is 0 Å². The smallest absolute Gasteiger partial charge is 0.426 e. The van der Waals surface area contributed by atoms with Gasteiger partial charge in [0.25, 0.3) is 0 Å². The van der Waals surface area contributed by atoms with Gasteiger partial charge in [0, 0.05) is 23.0 Å². The molecule has 1 aliphatic carbocycles. The van der Waals surface area contributed by atoms with Crippen LogP contribution in [-0.2, 0) is 24.1 Å². The Morgan fingerprint density at radius 3 is 2.44 bits per heavy atom. The lowest BCUT2D eigenvalue weighted by Gasteiger charge is -2.33. The van der Waals surface area contributed by atoms with Gasteiger partial charge in [-0.1, -0.05) is 48.5 Å². The Morgan fingerprint density at radius 1 is 1.00 bits per heavy atom. The first-order valence-corrected chi connectivity index (χ1v) is 12.4. The number of rotatable bonds is 8. The van der Waals surface area contributed by atoms with E-state index in [4.69, 9.17) is 9.84 Å². The van der Waals surface area contributed by atoms with Crippen LogP contribution in [0.4, 0.5) is 13.2 Å². The second-order valence-corrected chi connectivity index (χ2v) is 10.2. The topological polar surface area (TPSA) is 58.6 Å². The summed E-state index contributed by atoms with van der Waals surface area (Å²) in [7, 11) is 0. The second kappa shape index (κ2) is 9.95.